The Hall–Kier alpha value is -1.56. The van der Waals surface area contributed by atoms with Crippen molar-refractivity contribution in [2.45, 2.75) is 12.2 Å². The van der Waals surface area contributed by atoms with Crippen LogP contribution >= 0.6 is 11.6 Å². The Kier molecular flexibility index (Phi) is 3.06. The van der Waals surface area contributed by atoms with Crippen LogP contribution < -0.4 is 5.73 Å². The van der Waals surface area contributed by atoms with Crippen molar-refractivity contribution in [3.8, 4) is 0 Å². The van der Waals surface area contributed by atoms with Crippen molar-refractivity contribution in [3.05, 3.63) is 35.0 Å². The number of aromatic amines is 1. The highest BCUT2D eigenvalue weighted by Crippen LogP contribution is 2.31. The summed E-state index contributed by atoms with van der Waals surface area (Å²) in [6.45, 7) is 0. The molecule has 0 radical (unpaired) electrons. The van der Waals surface area contributed by atoms with E-state index in [9.17, 15) is 15.0 Å². The fourth-order valence-corrected chi connectivity index (χ4v) is 2.01. The molecule has 5 nitrogen and oxygen atoms in total. The Balaban J connectivity index is 2.52. The number of nitrogens with two attached hydrogens (primary N) is 1. The first-order valence-corrected chi connectivity index (χ1v) is 5.31. The first kappa shape index (κ1) is 11.9. The fraction of sp³-hybridized carbons (Fsp3) is 0.182. The zero-order valence-electron chi connectivity index (χ0n) is 8.72. The maximum atomic E-state index is 10.8. The molecule has 0 saturated carbocycles. The maximum Gasteiger partial charge on any atom is 0.249 e. The number of carbonyl (C=O) groups excluding carboxylic acids is 1. The van der Waals surface area contributed by atoms with E-state index in [-0.39, 0.29) is 0 Å². The monoisotopic (exact) mass is 254 g/mol. The molecule has 1 aromatic carbocycles. The molecule has 17 heavy (non-hydrogen) atoms. The van der Waals surface area contributed by atoms with Crippen molar-refractivity contribution >= 4 is 28.4 Å². The molecule has 0 aliphatic rings. The number of carbonyl (C=O) groups is 1. The topological polar surface area (TPSA) is 99.3 Å². The number of benzene rings is 1. The number of aliphatic hydroxyl groups is 2. The zero-order chi connectivity index (χ0) is 12.6. The lowest BCUT2D eigenvalue weighted by atomic mass is 10.0. The lowest BCUT2D eigenvalue weighted by Gasteiger charge is -2.14. The van der Waals surface area contributed by atoms with E-state index in [1.54, 1.807) is 18.2 Å². The third kappa shape index (κ3) is 2.00. The van der Waals surface area contributed by atoms with Crippen molar-refractivity contribution in [1.29, 1.82) is 0 Å². The predicted molar refractivity (Wildman–Crippen MR) is 63.5 cm³/mol. The molecule has 0 spiro atoms. The summed E-state index contributed by atoms with van der Waals surface area (Å²) >= 11 is 6.00. The summed E-state index contributed by atoms with van der Waals surface area (Å²) in [5.41, 5.74) is 5.99. The van der Waals surface area contributed by atoms with E-state index in [2.05, 4.69) is 4.98 Å². The number of halogens is 1. The van der Waals surface area contributed by atoms with Gasteiger partial charge >= 0.3 is 0 Å². The van der Waals surface area contributed by atoms with Gasteiger partial charge in [-0.1, -0.05) is 17.7 Å². The quantitative estimate of drug-likeness (QED) is 0.649. The number of hydrogen-bond donors (Lipinski definition) is 4. The average Bonchev–Trinajstić information content (AvgIpc) is 2.72. The van der Waals surface area contributed by atoms with Crippen LogP contribution in [0.2, 0.25) is 5.02 Å². The summed E-state index contributed by atoms with van der Waals surface area (Å²) in [5.74, 6) is -0.987. The molecule has 5 N–H and O–H groups in total. The molecule has 2 rings (SSSR count). The first-order valence-electron chi connectivity index (χ1n) is 4.93. The van der Waals surface area contributed by atoms with Gasteiger partial charge in [0.05, 0.1) is 5.02 Å². The molecule has 2 unspecified atom stereocenters. The molecule has 0 aliphatic heterocycles. The molecular weight excluding hydrogens is 244 g/mol. The molecular formula is C11H11ClN2O3. The van der Waals surface area contributed by atoms with E-state index in [0.29, 0.717) is 21.5 Å². The second-order valence-corrected chi connectivity index (χ2v) is 4.11. The SMILES string of the molecule is NC(=O)C(O)C(O)c1c[nH]c2cccc(Cl)c12. The number of aliphatic hydroxyl groups excluding tert-OH is 2. The predicted octanol–water partition coefficient (Wildman–Crippen LogP) is 0.701. The molecule has 1 heterocycles. The van der Waals surface area contributed by atoms with E-state index < -0.39 is 18.1 Å². The zero-order valence-corrected chi connectivity index (χ0v) is 9.48. The number of hydrogen-bond acceptors (Lipinski definition) is 3. The van der Waals surface area contributed by atoms with Crippen molar-refractivity contribution in [2.75, 3.05) is 0 Å². The van der Waals surface area contributed by atoms with Gasteiger partial charge in [-0.15, -0.1) is 0 Å². The molecule has 6 heteroatoms. The fourth-order valence-electron chi connectivity index (χ4n) is 1.72. The van der Waals surface area contributed by atoms with Gasteiger partial charge in [-0.05, 0) is 12.1 Å². The number of aromatic nitrogens is 1. The van der Waals surface area contributed by atoms with Crippen LogP contribution in [0.5, 0.6) is 0 Å². The van der Waals surface area contributed by atoms with Crippen LogP contribution in [-0.2, 0) is 4.79 Å². The van der Waals surface area contributed by atoms with E-state index >= 15 is 0 Å². The van der Waals surface area contributed by atoms with Crippen molar-refractivity contribution < 1.29 is 15.0 Å². The molecule has 0 saturated heterocycles. The number of amides is 1. The molecule has 0 bridgehead atoms. The van der Waals surface area contributed by atoms with E-state index in [1.165, 1.54) is 6.20 Å². The smallest absolute Gasteiger partial charge is 0.249 e. The van der Waals surface area contributed by atoms with Gasteiger partial charge in [0.2, 0.25) is 5.91 Å². The van der Waals surface area contributed by atoms with Crippen LogP contribution in [0, 0.1) is 0 Å². The summed E-state index contributed by atoms with van der Waals surface area (Å²) in [4.78, 5) is 13.7. The maximum absolute atomic E-state index is 10.8. The second-order valence-electron chi connectivity index (χ2n) is 3.70. The Bertz CT molecular complexity index is 567. The Morgan fingerprint density at radius 3 is 2.76 bits per heavy atom. The minimum absolute atomic E-state index is 0.344. The first-order chi connectivity index (χ1) is 8.02. The lowest BCUT2D eigenvalue weighted by molar-refractivity contribution is -0.131. The lowest BCUT2D eigenvalue weighted by Crippen LogP contribution is -2.33. The molecule has 90 valence electrons. The van der Waals surface area contributed by atoms with Gasteiger partial charge in [0.1, 0.15) is 6.10 Å². The van der Waals surface area contributed by atoms with Gasteiger partial charge in [-0.25, -0.2) is 0 Å². The molecule has 2 aromatic rings. The Morgan fingerprint density at radius 1 is 1.41 bits per heavy atom. The van der Waals surface area contributed by atoms with Crippen LogP contribution in [0.25, 0.3) is 10.9 Å². The minimum Gasteiger partial charge on any atom is -0.385 e. The largest absolute Gasteiger partial charge is 0.385 e. The molecule has 1 aromatic heterocycles. The highest BCUT2D eigenvalue weighted by atomic mass is 35.5. The van der Waals surface area contributed by atoms with Gasteiger partial charge in [0.25, 0.3) is 0 Å². The van der Waals surface area contributed by atoms with E-state index in [1.807, 2.05) is 0 Å². The van der Waals surface area contributed by atoms with Gasteiger partial charge in [-0.3, -0.25) is 4.79 Å². The van der Waals surface area contributed by atoms with E-state index in [4.69, 9.17) is 17.3 Å². The van der Waals surface area contributed by atoms with Crippen LogP contribution in [0.15, 0.2) is 24.4 Å². The summed E-state index contributed by atoms with van der Waals surface area (Å²) in [5, 5.41) is 20.3. The average molecular weight is 255 g/mol. The summed E-state index contributed by atoms with van der Waals surface area (Å²) in [6, 6.07) is 5.18. The molecule has 1 amide bonds. The molecule has 0 fully saturated rings. The van der Waals surface area contributed by atoms with Gasteiger partial charge < -0.3 is 20.9 Å². The highest BCUT2D eigenvalue weighted by Gasteiger charge is 2.26. The van der Waals surface area contributed by atoms with Gasteiger partial charge in [0, 0.05) is 22.7 Å². The number of fused-ring (bicyclic) bond motifs is 1. The third-order valence-corrected chi connectivity index (χ3v) is 2.91. The summed E-state index contributed by atoms with van der Waals surface area (Å²) in [7, 11) is 0. The van der Waals surface area contributed by atoms with Crippen molar-refractivity contribution in [3.63, 3.8) is 0 Å². The van der Waals surface area contributed by atoms with Gasteiger partial charge in [0.15, 0.2) is 6.10 Å². The normalized spacial score (nSPS) is 14.8. The second kappa shape index (κ2) is 4.37. The third-order valence-electron chi connectivity index (χ3n) is 2.59. The van der Waals surface area contributed by atoms with Crippen LogP contribution in [0.1, 0.15) is 11.7 Å². The molecule has 2 atom stereocenters. The summed E-state index contributed by atoms with van der Waals surface area (Å²) < 4.78 is 0. The number of primary amides is 1. The van der Waals surface area contributed by atoms with Crippen molar-refractivity contribution in [2.24, 2.45) is 5.73 Å². The standard InChI is InChI=1S/C11H11ClN2O3/c12-6-2-1-3-7-8(6)5(4-14-7)9(15)10(16)11(13)17/h1-4,9-10,14-16H,(H2,13,17). The number of rotatable bonds is 3. The molecule has 0 aliphatic carbocycles. The van der Waals surface area contributed by atoms with Gasteiger partial charge in [-0.2, -0.15) is 0 Å². The van der Waals surface area contributed by atoms with E-state index in [0.717, 1.165) is 0 Å². The van der Waals surface area contributed by atoms with Crippen LogP contribution in [0.4, 0.5) is 0 Å². The summed E-state index contributed by atoms with van der Waals surface area (Å²) in [6.07, 6.45) is -1.57. The highest BCUT2D eigenvalue weighted by molar-refractivity contribution is 6.35. The number of nitrogens with one attached hydrogen (secondary N) is 1. The minimum atomic E-state index is -1.66. The van der Waals surface area contributed by atoms with Crippen LogP contribution in [-0.4, -0.2) is 27.2 Å². The Morgan fingerprint density at radius 2 is 2.12 bits per heavy atom. The van der Waals surface area contributed by atoms with Crippen LogP contribution in [0.3, 0.4) is 0 Å². The number of H-pyrrole nitrogens is 1. The Labute approximate surface area is 102 Å². The van der Waals surface area contributed by atoms with Crippen molar-refractivity contribution in [1.82, 2.24) is 4.98 Å².